The van der Waals surface area contributed by atoms with E-state index >= 15 is 0 Å². The first-order valence-corrected chi connectivity index (χ1v) is 11.2. The minimum atomic E-state index is -0.664. The van der Waals surface area contributed by atoms with Gasteiger partial charge in [0.1, 0.15) is 0 Å². The summed E-state index contributed by atoms with van der Waals surface area (Å²) >= 11 is 0. The Hall–Kier alpha value is -1.83. The molecule has 0 unspecified atom stereocenters. The van der Waals surface area contributed by atoms with Crippen molar-refractivity contribution in [3.8, 4) is 0 Å². The van der Waals surface area contributed by atoms with Crippen LogP contribution in [0, 0.1) is 0 Å². The minimum absolute atomic E-state index is 0.332. The summed E-state index contributed by atoms with van der Waals surface area (Å²) in [6.07, 6.45) is 23.1. The van der Waals surface area contributed by atoms with E-state index in [2.05, 4.69) is 25.7 Å². The lowest BCUT2D eigenvalue weighted by Crippen LogP contribution is -1.93. The Morgan fingerprint density at radius 2 is 1.32 bits per heavy atom. The summed E-state index contributed by atoms with van der Waals surface area (Å²) in [6.45, 7) is 5.89. The van der Waals surface area contributed by atoms with Crippen molar-refractivity contribution >= 4 is 12.0 Å². The van der Waals surface area contributed by atoms with Gasteiger partial charge in [-0.05, 0) is 37.7 Å². The van der Waals surface area contributed by atoms with Crippen LogP contribution < -0.4 is 0 Å². The second-order valence-corrected chi connectivity index (χ2v) is 7.34. The smallest absolute Gasteiger partial charge is 0.303 e. The maximum absolute atomic E-state index is 10.3. The van der Waals surface area contributed by atoms with Gasteiger partial charge in [0.2, 0.25) is 0 Å². The molecular weight excluding hydrogens is 344 g/mol. The summed E-state index contributed by atoms with van der Waals surface area (Å²) in [6, 6.07) is 10.0. The van der Waals surface area contributed by atoms with E-state index in [1.807, 2.05) is 36.4 Å². The number of hydrogen-bond donors (Lipinski definition) is 1. The van der Waals surface area contributed by atoms with Crippen molar-refractivity contribution in [1.82, 2.24) is 0 Å². The molecule has 0 amide bonds. The Labute approximate surface area is 173 Å². The number of carboxylic acids is 1. The molecule has 0 saturated heterocycles. The number of unbranched alkanes of at least 4 members (excludes halogenated alkanes) is 11. The van der Waals surface area contributed by atoms with E-state index in [1.165, 1.54) is 76.2 Å². The van der Waals surface area contributed by atoms with Crippen molar-refractivity contribution in [2.24, 2.45) is 0 Å². The molecule has 1 aromatic carbocycles. The number of aliphatic carboxylic acids is 1. The van der Waals surface area contributed by atoms with Gasteiger partial charge in [0.25, 0.3) is 0 Å². The molecule has 1 aromatic rings. The first-order chi connectivity index (χ1) is 13.7. The minimum Gasteiger partial charge on any atom is -0.481 e. The van der Waals surface area contributed by atoms with E-state index in [0.717, 1.165) is 12.8 Å². The lowest BCUT2D eigenvalue weighted by molar-refractivity contribution is -0.137. The van der Waals surface area contributed by atoms with Gasteiger partial charge in [0, 0.05) is 6.42 Å². The quantitative estimate of drug-likeness (QED) is 0.228. The number of rotatable bonds is 16. The third-order valence-corrected chi connectivity index (χ3v) is 4.69. The molecule has 0 aliphatic heterocycles. The fourth-order valence-corrected chi connectivity index (χ4v) is 2.94. The molecule has 0 spiro atoms. The zero-order valence-electron chi connectivity index (χ0n) is 18.1. The van der Waals surface area contributed by atoms with E-state index in [4.69, 9.17) is 5.11 Å². The van der Waals surface area contributed by atoms with Crippen molar-refractivity contribution in [3.05, 3.63) is 54.6 Å². The average Bonchev–Trinajstić information content (AvgIpc) is 2.72. The second-order valence-electron chi connectivity index (χ2n) is 7.34. The normalized spacial score (nSPS) is 10.5. The third kappa shape index (κ3) is 20.5. The molecule has 28 heavy (non-hydrogen) atoms. The molecule has 0 aromatic heterocycles. The van der Waals surface area contributed by atoms with Gasteiger partial charge in [0.15, 0.2) is 0 Å². The molecule has 2 heteroatoms. The number of hydrogen-bond acceptors (Lipinski definition) is 1. The molecule has 0 radical (unpaired) electrons. The van der Waals surface area contributed by atoms with Crippen LogP contribution in [-0.4, -0.2) is 11.1 Å². The van der Waals surface area contributed by atoms with E-state index in [0.29, 0.717) is 6.42 Å². The molecule has 0 fully saturated rings. The predicted octanol–water partition coefficient (Wildman–Crippen LogP) is 8.44. The standard InChI is InChI=1S/C18H34O2.C8H8/c1-2-3-4-5-6-7-8-9-10-11-12-13-14-15-16-17-18(19)20;1-2-8-6-4-3-5-7-8/h9-10H,2-8,11-17H2,1H3,(H,19,20);2-7H,1H2/b10-9-;. The molecule has 0 heterocycles. The van der Waals surface area contributed by atoms with Gasteiger partial charge < -0.3 is 5.11 Å². The highest BCUT2D eigenvalue weighted by Crippen LogP contribution is 2.09. The van der Waals surface area contributed by atoms with Gasteiger partial charge in [-0.3, -0.25) is 4.79 Å². The molecular formula is C26H42O2. The van der Waals surface area contributed by atoms with Crippen LogP contribution in [-0.2, 0) is 4.79 Å². The van der Waals surface area contributed by atoms with E-state index < -0.39 is 5.97 Å². The fourth-order valence-electron chi connectivity index (χ4n) is 2.94. The van der Waals surface area contributed by atoms with E-state index in [1.54, 1.807) is 0 Å². The highest BCUT2D eigenvalue weighted by Gasteiger charge is 1.95. The summed E-state index contributed by atoms with van der Waals surface area (Å²) in [5, 5.41) is 8.51. The highest BCUT2D eigenvalue weighted by atomic mass is 16.4. The summed E-state index contributed by atoms with van der Waals surface area (Å²) in [5.74, 6) is -0.664. The van der Waals surface area contributed by atoms with Crippen molar-refractivity contribution in [2.75, 3.05) is 0 Å². The fraction of sp³-hybridized carbons (Fsp3) is 0.577. The van der Waals surface area contributed by atoms with Crippen LogP contribution >= 0.6 is 0 Å². The zero-order chi connectivity index (χ0) is 20.7. The first kappa shape index (κ1) is 26.2. The van der Waals surface area contributed by atoms with Crippen LogP contribution in [0.1, 0.15) is 102 Å². The summed E-state index contributed by atoms with van der Waals surface area (Å²) in [7, 11) is 0. The molecule has 0 saturated carbocycles. The zero-order valence-corrected chi connectivity index (χ0v) is 18.1. The van der Waals surface area contributed by atoms with Crippen LogP contribution in [0.4, 0.5) is 0 Å². The third-order valence-electron chi connectivity index (χ3n) is 4.69. The number of carbonyl (C=O) groups is 1. The summed E-state index contributed by atoms with van der Waals surface area (Å²) in [4.78, 5) is 10.3. The molecule has 1 N–H and O–H groups in total. The summed E-state index contributed by atoms with van der Waals surface area (Å²) in [5.41, 5.74) is 1.17. The van der Waals surface area contributed by atoms with Gasteiger partial charge in [-0.2, -0.15) is 0 Å². The van der Waals surface area contributed by atoms with Crippen LogP contribution in [0.15, 0.2) is 49.1 Å². The van der Waals surface area contributed by atoms with Gasteiger partial charge in [0.05, 0.1) is 0 Å². The Balaban J connectivity index is 0.000000749. The first-order valence-electron chi connectivity index (χ1n) is 11.2. The van der Waals surface area contributed by atoms with Crippen molar-refractivity contribution in [2.45, 2.75) is 96.8 Å². The van der Waals surface area contributed by atoms with Gasteiger partial charge in [-0.1, -0.05) is 113 Å². The second kappa shape index (κ2) is 21.5. The monoisotopic (exact) mass is 386 g/mol. The van der Waals surface area contributed by atoms with Gasteiger partial charge >= 0.3 is 5.97 Å². The molecule has 0 bridgehead atoms. The molecule has 0 aliphatic carbocycles. The number of allylic oxidation sites excluding steroid dienone is 2. The van der Waals surface area contributed by atoms with Gasteiger partial charge in [-0.25, -0.2) is 0 Å². The van der Waals surface area contributed by atoms with Crippen molar-refractivity contribution in [1.29, 1.82) is 0 Å². The Kier molecular flexibility index (Phi) is 20.1. The van der Waals surface area contributed by atoms with Crippen LogP contribution in [0.3, 0.4) is 0 Å². The average molecular weight is 387 g/mol. The largest absolute Gasteiger partial charge is 0.481 e. The molecule has 1 rings (SSSR count). The maximum atomic E-state index is 10.3. The highest BCUT2D eigenvalue weighted by molar-refractivity contribution is 5.66. The predicted molar refractivity (Wildman–Crippen MR) is 124 cm³/mol. The maximum Gasteiger partial charge on any atom is 0.303 e. The Bertz CT molecular complexity index is 490. The van der Waals surface area contributed by atoms with Gasteiger partial charge in [-0.15, -0.1) is 0 Å². The number of benzene rings is 1. The van der Waals surface area contributed by atoms with Crippen molar-refractivity contribution in [3.63, 3.8) is 0 Å². The van der Waals surface area contributed by atoms with Crippen LogP contribution in [0.2, 0.25) is 0 Å². The van der Waals surface area contributed by atoms with Crippen LogP contribution in [0.5, 0.6) is 0 Å². The topological polar surface area (TPSA) is 37.3 Å². The summed E-state index contributed by atoms with van der Waals surface area (Å²) < 4.78 is 0. The molecule has 2 nitrogen and oxygen atoms in total. The Morgan fingerprint density at radius 1 is 0.821 bits per heavy atom. The SMILES string of the molecule is C=Cc1ccccc1.CCCCCCCC/C=C\CCCCCCCC(=O)O. The molecule has 0 atom stereocenters. The Morgan fingerprint density at radius 3 is 1.79 bits per heavy atom. The molecule has 158 valence electrons. The van der Waals surface area contributed by atoms with E-state index in [-0.39, 0.29) is 0 Å². The van der Waals surface area contributed by atoms with E-state index in [9.17, 15) is 4.79 Å². The van der Waals surface area contributed by atoms with Crippen LogP contribution in [0.25, 0.3) is 6.08 Å². The lowest BCUT2D eigenvalue weighted by atomic mass is 10.1. The molecule has 0 aliphatic rings. The van der Waals surface area contributed by atoms with Crippen molar-refractivity contribution < 1.29 is 9.90 Å². The lowest BCUT2D eigenvalue weighted by Gasteiger charge is -1.99. The number of carboxylic acid groups (broad SMARTS) is 1.